The van der Waals surface area contributed by atoms with Crippen molar-refractivity contribution in [1.82, 2.24) is 0 Å². The maximum absolute atomic E-state index is 8.92. The first-order valence-electron chi connectivity index (χ1n) is 6.35. The predicted molar refractivity (Wildman–Crippen MR) is 77.6 cm³/mol. The van der Waals surface area contributed by atoms with Gasteiger partial charge >= 0.3 is 0 Å². The van der Waals surface area contributed by atoms with Gasteiger partial charge in [-0.15, -0.1) is 0 Å². The smallest absolute Gasteiger partial charge is 0.123 e. The van der Waals surface area contributed by atoms with Gasteiger partial charge in [-0.25, -0.2) is 0 Å². The van der Waals surface area contributed by atoms with Crippen LogP contribution in [0.15, 0.2) is 48.5 Å². The molecule has 0 unspecified atom stereocenters. The van der Waals surface area contributed by atoms with Gasteiger partial charge < -0.3 is 9.84 Å². The molecule has 0 fully saturated rings. The Morgan fingerprint density at radius 2 is 1.84 bits per heavy atom. The summed E-state index contributed by atoms with van der Waals surface area (Å²) in [6.07, 6.45) is 1.48. The molecule has 19 heavy (non-hydrogen) atoms. The second-order valence-corrected chi connectivity index (χ2v) is 4.79. The standard InChI is InChI=1S/C16H17ClO2/c17-15-8-9-16(14(11-15)7-4-10-18)19-12-13-5-2-1-3-6-13/h1-3,5-6,8-9,11,18H,4,7,10,12H2. The number of benzene rings is 2. The van der Waals surface area contributed by atoms with E-state index in [-0.39, 0.29) is 6.61 Å². The quantitative estimate of drug-likeness (QED) is 0.868. The molecule has 0 aliphatic rings. The molecule has 0 spiro atoms. The van der Waals surface area contributed by atoms with E-state index in [2.05, 4.69) is 0 Å². The van der Waals surface area contributed by atoms with Crippen LogP contribution in [0.25, 0.3) is 0 Å². The molecule has 0 atom stereocenters. The number of halogens is 1. The lowest BCUT2D eigenvalue weighted by molar-refractivity contribution is 0.283. The molecule has 3 heteroatoms. The Morgan fingerprint density at radius 1 is 1.05 bits per heavy atom. The maximum Gasteiger partial charge on any atom is 0.123 e. The zero-order valence-electron chi connectivity index (χ0n) is 10.7. The molecule has 2 rings (SSSR count). The number of ether oxygens (including phenoxy) is 1. The Balaban J connectivity index is 2.06. The lowest BCUT2D eigenvalue weighted by Gasteiger charge is -2.11. The van der Waals surface area contributed by atoms with Crippen LogP contribution in [-0.2, 0) is 13.0 Å². The van der Waals surface area contributed by atoms with Gasteiger partial charge in [0, 0.05) is 11.6 Å². The Morgan fingerprint density at radius 3 is 2.58 bits per heavy atom. The molecule has 0 aliphatic carbocycles. The minimum Gasteiger partial charge on any atom is -0.489 e. The van der Waals surface area contributed by atoms with E-state index in [1.807, 2.05) is 48.5 Å². The van der Waals surface area contributed by atoms with Crippen molar-refractivity contribution in [2.24, 2.45) is 0 Å². The Bertz CT molecular complexity index is 511. The highest BCUT2D eigenvalue weighted by molar-refractivity contribution is 6.30. The van der Waals surface area contributed by atoms with E-state index in [0.717, 1.165) is 23.3 Å². The first kappa shape index (κ1) is 13.9. The average molecular weight is 277 g/mol. The summed E-state index contributed by atoms with van der Waals surface area (Å²) in [4.78, 5) is 0. The summed E-state index contributed by atoms with van der Waals surface area (Å²) in [5.41, 5.74) is 2.17. The van der Waals surface area contributed by atoms with Crippen molar-refractivity contribution in [2.45, 2.75) is 19.4 Å². The van der Waals surface area contributed by atoms with Crippen LogP contribution in [0.2, 0.25) is 5.02 Å². The normalized spacial score (nSPS) is 10.4. The zero-order chi connectivity index (χ0) is 13.5. The highest BCUT2D eigenvalue weighted by atomic mass is 35.5. The van der Waals surface area contributed by atoms with Crippen molar-refractivity contribution in [3.8, 4) is 5.75 Å². The molecule has 100 valence electrons. The number of aryl methyl sites for hydroxylation is 1. The fourth-order valence-electron chi connectivity index (χ4n) is 1.89. The van der Waals surface area contributed by atoms with Crippen LogP contribution < -0.4 is 4.74 Å². The van der Waals surface area contributed by atoms with Crippen LogP contribution in [0.1, 0.15) is 17.5 Å². The van der Waals surface area contributed by atoms with E-state index in [9.17, 15) is 0 Å². The molecule has 0 saturated carbocycles. The predicted octanol–water partition coefficient (Wildman–Crippen LogP) is 3.84. The van der Waals surface area contributed by atoms with Crippen molar-refractivity contribution >= 4 is 11.6 Å². The minimum atomic E-state index is 0.171. The topological polar surface area (TPSA) is 29.5 Å². The van der Waals surface area contributed by atoms with Crippen LogP contribution in [0.3, 0.4) is 0 Å². The second kappa shape index (κ2) is 7.17. The van der Waals surface area contributed by atoms with E-state index in [1.165, 1.54) is 0 Å². The van der Waals surface area contributed by atoms with Gasteiger partial charge in [0.15, 0.2) is 0 Å². The first-order chi connectivity index (χ1) is 9.29. The Labute approximate surface area is 118 Å². The van der Waals surface area contributed by atoms with Crippen molar-refractivity contribution in [2.75, 3.05) is 6.61 Å². The van der Waals surface area contributed by atoms with Gasteiger partial charge in [0.25, 0.3) is 0 Å². The van der Waals surface area contributed by atoms with Crippen LogP contribution in [0, 0.1) is 0 Å². The molecule has 0 radical (unpaired) electrons. The third-order valence-corrected chi connectivity index (χ3v) is 3.10. The van der Waals surface area contributed by atoms with Crippen LogP contribution in [-0.4, -0.2) is 11.7 Å². The second-order valence-electron chi connectivity index (χ2n) is 4.35. The summed E-state index contributed by atoms with van der Waals surface area (Å²) in [5, 5.41) is 9.62. The molecule has 0 aromatic heterocycles. The van der Waals surface area contributed by atoms with E-state index in [4.69, 9.17) is 21.4 Å². The minimum absolute atomic E-state index is 0.171. The van der Waals surface area contributed by atoms with Crippen molar-refractivity contribution < 1.29 is 9.84 Å². The van der Waals surface area contributed by atoms with E-state index in [0.29, 0.717) is 18.1 Å². The molecule has 0 heterocycles. The molecule has 2 nitrogen and oxygen atoms in total. The number of aliphatic hydroxyl groups excluding tert-OH is 1. The monoisotopic (exact) mass is 276 g/mol. The molecule has 2 aromatic rings. The molecular weight excluding hydrogens is 260 g/mol. The number of rotatable bonds is 6. The van der Waals surface area contributed by atoms with Gasteiger partial charge in [-0.3, -0.25) is 0 Å². The average Bonchev–Trinajstić information content (AvgIpc) is 2.45. The first-order valence-corrected chi connectivity index (χ1v) is 6.73. The summed E-state index contributed by atoms with van der Waals surface area (Å²) in [6, 6.07) is 15.6. The maximum atomic E-state index is 8.92. The summed E-state index contributed by atoms with van der Waals surface area (Å²) >= 11 is 5.99. The summed E-state index contributed by atoms with van der Waals surface area (Å²) in [7, 11) is 0. The molecule has 2 aromatic carbocycles. The molecule has 0 aliphatic heterocycles. The van der Waals surface area contributed by atoms with E-state index in [1.54, 1.807) is 0 Å². The van der Waals surface area contributed by atoms with Gasteiger partial charge in [-0.05, 0) is 42.2 Å². The lowest BCUT2D eigenvalue weighted by atomic mass is 10.1. The van der Waals surface area contributed by atoms with Crippen molar-refractivity contribution in [1.29, 1.82) is 0 Å². The van der Waals surface area contributed by atoms with Gasteiger partial charge in [-0.1, -0.05) is 41.9 Å². The van der Waals surface area contributed by atoms with Crippen LogP contribution >= 0.6 is 11.6 Å². The largest absolute Gasteiger partial charge is 0.489 e. The van der Waals surface area contributed by atoms with Gasteiger partial charge in [0.1, 0.15) is 12.4 Å². The fourth-order valence-corrected chi connectivity index (χ4v) is 2.08. The number of hydrogen-bond donors (Lipinski definition) is 1. The third-order valence-electron chi connectivity index (χ3n) is 2.86. The van der Waals surface area contributed by atoms with Gasteiger partial charge in [0.2, 0.25) is 0 Å². The third kappa shape index (κ3) is 4.27. The molecule has 0 saturated heterocycles. The fraction of sp³-hybridized carbons (Fsp3) is 0.250. The van der Waals surface area contributed by atoms with Crippen LogP contribution in [0.5, 0.6) is 5.75 Å². The number of aliphatic hydroxyl groups is 1. The van der Waals surface area contributed by atoms with Crippen molar-refractivity contribution in [3.05, 3.63) is 64.7 Å². The highest BCUT2D eigenvalue weighted by Crippen LogP contribution is 2.25. The van der Waals surface area contributed by atoms with Gasteiger partial charge in [-0.2, -0.15) is 0 Å². The number of hydrogen-bond acceptors (Lipinski definition) is 2. The highest BCUT2D eigenvalue weighted by Gasteiger charge is 2.05. The SMILES string of the molecule is OCCCc1cc(Cl)ccc1OCc1ccccc1. The summed E-state index contributed by atoms with van der Waals surface area (Å²) in [5.74, 6) is 0.835. The summed E-state index contributed by atoms with van der Waals surface area (Å²) in [6.45, 7) is 0.708. The lowest BCUT2D eigenvalue weighted by Crippen LogP contribution is -1.99. The Hall–Kier alpha value is -1.51. The molecule has 1 N–H and O–H groups in total. The van der Waals surface area contributed by atoms with E-state index >= 15 is 0 Å². The Kier molecular flexibility index (Phi) is 5.25. The van der Waals surface area contributed by atoms with Crippen LogP contribution in [0.4, 0.5) is 0 Å². The van der Waals surface area contributed by atoms with Crippen molar-refractivity contribution in [3.63, 3.8) is 0 Å². The molecular formula is C16H17ClO2. The molecule has 0 amide bonds. The van der Waals surface area contributed by atoms with E-state index < -0.39 is 0 Å². The summed E-state index contributed by atoms with van der Waals surface area (Å²) < 4.78 is 5.83. The van der Waals surface area contributed by atoms with Gasteiger partial charge in [0.05, 0.1) is 0 Å². The molecule has 0 bridgehead atoms. The zero-order valence-corrected chi connectivity index (χ0v) is 11.4.